The van der Waals surface area contributed by atoms with Crippen LogP contribution in [0.4, 0.5) is 5.69 Å². The van der Waals surface area contributed by atoms with Crippen LogP contribution in [-0.4, -0.2) is 72.2 Å². The van der Waals surface area contributed by atoms with Gasteiger partial charge in [-0.05, 0) is 55.0 Å². The Bertz CT molecular complexity index is 1320. The molecule has 9 nitrogen and oxygen atoms in total. The summed E-state index contributed by atoms with van der Waals surface area (Å²) in [5.74, 6) is 0.781. The van der Waals surface area contributed by atoms with Crippen molar-refractivity contribution in [3.8, 4) is 11.4 Å². The quantitative estimate of drug-likeness (QED) is 0.366. The molecule has 1 heterocycles. The van der Waals surface area contributed by atoms with Crippen LogP contribution < -0.4 is 15.5 Å². The second-order valence-corrected chi connectivity index (χ2v) is 10.7. The third kappa shape index (κ3) is 7.03. The van der Waals surface area contributed by atoms with Gasteiger partial charge in [-0.3, -0.25) is 9.59 Å². The van der Waals surface area contributed by atoms with Gasteiger partial charge in [0.1, 0.15) is 0 Å². The number of anilines is 1. The standard InChI is InChI=1S/C30H40N6O3/c1-19(2)31-12-13-32-28(37)17-36(27-15-24(11-10-21(27)4)30-33-22(5)39-34-30)18-29(38)35(6)25-14-23-9-7-8-20(3)26(23)16-25/h7-11,15,19,25,31H,12-14,16-18H2,1-6H3,(H,32,37). The molecule has 2 N–H and O–H groups in total. The first-order valence-corrected chi connectivity index (χ1v) is 13.6. The molecule has 0 fully saturated rings. The molecule has 39 heavy (non-hydrogen) atoms. The number of aryl methyl sites for hydroxylation is 3. The zero-order valence-corrected chi connectivity index (χ0v) is 23.9. The topological polar surface area (TPSA) is 104 Å². The lowest BCUT2D eigenvalue weighted by atomic mass is 10.1. The molecule has 208 valence electrons. The molecule has 1 aliphatic carbocycles. The molecule has 2 amide bonds. The van der Waals surface area contributed by atoms with Crippen molar-refractivity contribution < 1.29 is 14.1 Å². The van der Waals surface area contributed by atoms with Crippen molar-refractivity contribution in [2.75, 3.05) is 38.1 Å². The maximum absolute atomic E-state index is 13.6. The Labute approximate surface area is 231 Å². The van der Waals surface area contributed by atoms with E-state index in [1.54, 1.807) is 6.92 Å². The number of nitrogens with zero attached hydrogens (tertiary/aromatic N) is 4. The third-order valence-electron chi connectivity index (χ3n) is 7.34. The second kappa shape index (κ2) is 12.4. The van der Waals surface area contributed by atoms with Gasteiger partial charge in [-0.2, -0.15) is 4.98 Å². The largest absolute Gasteiger partial charge is 0.353 e. The van der Waals surface area contributed by atoms with Gasteiger partial charge in [0.15, 0.2) is 0 Å². The number of amides is 2. The fraction of sp³-hybridized carbons (Fsp3) is 0.467. The summed E-state index contributed by atoms with van der Waals surface area (Å²) in [5.41, 5.74) is 6.43. The van der Waals surface area contributed by atoms with Crippen LogP contribution in [0.15, 0.2) is 40.9 Å². The Balaban J connectivity index is 1.53. The minimum Gasteiger partial charge on any atom is -0.353 e. The number of hydrogen-bond acceptors (Lipinski definition) is 7. The predicted octanol–water partition coefficient (Wildman–Crippen LogP) is 3.21. The van der Waals surface area contributed by atoms with Gasteiger partial charge in [-0.1, -0.05) is 49.3 Å². The number of nitrogens with one attached hydrogen (secondary N) is 2. The normalized spacial score (nSPS) is 14.4. The molecule has 1 atom stereocenters. The molecule has 0 saturated carbocycles. The average Bonchev–Trinajstić information content (AvgIpc) is 3.53. The van der Waals surface area contributed by atoms with Crippen LogP contribution in [-0.2, 0) is 22.4 Å². The summed E-state index contributed by atoms with van der Waals surface area (Å²) >= 11 is 0. The number of aromatic nitrogens is 2. The van der Waals surface area contributed by atoms with E-state index in [2.05, 4.69) is 59.7 Å². The van der Waals surface area contributed by atoms with Crippen LogP contribution in [0.3, 0.4) is 0 Å². The highest BCUT2D eigenvalue weighted by Crippen LogP contribution is 2.29. The van der Waals surface area contributed by atoms with Crippen LogP contribution in [0.1, 0.15) is 42.0 Å². The van der Waals surface area contributed by atoms with Crippen LogP contribution >= 0.6 is 0 Å². The molecular weight excluding hydrogens is 492 g/mol. The molecule has 2 aromatic carbocycles. The van der Waals surface area contributed by atoms with E-state index in [4.69, 9.17) is 4.52 Å². The highest BCUT2D eigenvalue weighted by atomic mass is 16.5. The lowest BCUT2D eigenvalue weighted by molar-refractivity contribution is -0.130. The van der Waals surface area contributed by atoms with Crippen molar-refractivity contribution in [2.24, 2.45) is 0 Å². The summed E-state index contributed by atoms with van der Waals surface area (Å²) < 4.78 is 5.17. The van der Waals surface area contributed by atoms with Crippen LogP contribution in [0, 0.1) is 20.8 Å². The second-order valence-electron chi connectivity index (χ2n) is 10.7. The summed E-state index contributed by atoms with van der Waals surface area (Å²) in [5, 5.41) is 10.3. The lowest BCUT2D eigenvalue weighted by Crippen LogP contribution is -2.47. The van der Waals surface area contributed by atoms with E-state index in [0.29, 0.717) is 30.8 Å². The van der Waals surface area contributed by atoms with Crippen molar-refractivity contribution in [1.82, 2.24) is 25.7 Å². The molecule has 1 aliphatic rings. The summed E-state index contributed by atoms with van der Waals surface area (Å²) in [6.07, 6.45) is 1.69. The van der Waals surface area contributed by atoms with Gasteiger partial charge in [0.25, 0.3) is 0 Å². The molecule has 0 bridgehead atoms. The number of likely N-dealkylation sites (N-methyl/N-ethyl adjacent to an activating group) is 1. The van der Waals surface area contributed by atoms with E-state index in [9.17, 15) is 9.59 Å². The van der Waals surface area contributed by atoms with E-state index in [0.717, 1.165) is 29.7 Å². The lowest BCUT2D eigenvalue weighted by Gasteiger charge is -2.30. The minimum atomic E-state index is -0.139. The average molecular weight is 533 g/mol. The van der Waals surface area contributed by atoms with E-state index in [-0.39, 0.29) is 30.9 Å². The van der Waals surface area contributed by atoms with Gasteiger partial charge in [0, 0.05) is 50.4 Å². The van der Waals surface area contributed by atoms with Gasteiger partial charge in [-0.15, -0.1) is 0 Å². The first-order valence-electron chi connectivity index (χ1n) is 13.6. The Kier molecular flexibility index (Phi) is 9.01. The number of carbonyl (C=O) groups is 2. The van der Waals surface area contributed by atoms with Crippen LogP contribution in [0.5, 0.6) is 0 Å². The highest BCUT2D eigenvalue weighted by molar-refractivity contribution is 5.87. The van der Waals surface area contributed by atoms with Gasteiger partial charge in [0.05, 0.1) is 13.1 Å². The first-order chi connectivity index (χ1) is 18.6. The predicted molar refractivity (Wildman–Crippen MR) is 153 cm³/mol. The molecule has 1 aromatic heterocycles. The summed E-state index contributed by atoms with van der Waals surface area (Å²) in [7, 11) is 1.87. The van der Waals surface area contributed by atoms with Crippen molar-refractivity contribution in [3.63, 3.8) is 0 Å². The maximum Gasteiger partial charge on any atom is 0.242 e. The van der Waals surface area contributed by atoms with Crippen LogP contribution in [0.2, 0.25) is 0 Å². The Hall–Kier alpha value is -3.72. The van der Waals surface area contributed by atoms with E-state index < -0.39 is 0 Å². The number of benzene rings is 2. The van der Waals surface area contributed by atoms with Crippen LogP contribution in [0.25, 0.3) is 11.4 Å². The molecule has 0 saturated heterocycles. The number of fused-ring (bicyclic) bond motifs is 1. The van der Waals surface area contributed by atoms with Crippen molar-refractivity contribution in [1.29, 1.82) is 0 Å². The van der Waals surface area contributed by atoms with Crippen molar-refractivity contribution in [3.05, 3.63) is 64.5 Å². The smallest absolute Gasteiger partial charge is 0.242 e. The molecule has 0 radical (unpaired) electrons. The highest BCUT2D eigenvalue weighted by Gasteiger charge is 2.30. The van der Waals surface area contributed by atoms with Gasteiger partial charge >= 0.3 is 0 Å². The maximum atomic E-state index is 13.6. The molecule has 4 rings (SSSR count). The number of rotatable bonds is 11. The molecular formula is C30H40N6O3. The monoisotopic (exact) mass is 532 g/mol. The van der Waals surface area contributed by atoms with E-state index >= 15 is 0 Å². The van der Waals surface area contributed by atoms with Crippen molar-refractivity contribution in [2.45, 2.75) is 59.5 Å². The summed E-state index contributed by atoms with van der Waals surface area (Å²) in [6.45, 7) is 11.3. The molecule has 1 unspecified atom stereocenters. The fourth-order valence-electron chi connectivity index (χ4n) is 5.08. The van der Waals surface area contributed by atoms with Gasteiger partial charge < -0.3 is 25.0 Å². The zero-order chi connectivity index (χ0) is 28.1. The molecule has 0 spiro atoms. The Morgan fingerprint density at radius 2 is 1.85 bits per heavy atom. The third-order valence-corrected chi connectivity index (χ3v) is 7.34. The van der Waals surface area contributed by atoms with Crippen molar-refractivity contribution >= 4 is 17.5 Å². The Morgan fingerprint density at radius 3 is 2.54 bits per heavy atom. The zero-order valence-electron chi connectivity index (χ0n) is 23.9. The van der Waals surface area contributed by atoms with E-state index in [1.165, 1.54) is 16.7 Å². The number of carbonyl (C=O) groups excluding carboxylic acids is 2. The summed E-state index contributed by atoms with van der Waals surface area (Å²) in [6, 6.07) is 12.6. The van der Waals surface area contributed by atoms with E-state index in [1.807, 2.05) is 42.0 Å². The first kappa shape index (κ1) is 28.3. The molecule has 3 aromatic rings. The summed E-state index contributed by atoms with van der Waals surface area (Å²) in [4.78, 5) is 34.7. The minimum absolute atomic E-state index is 0.0278. The molecule has 9 heteroatoms. The molecule has 0 aliphatic heterocycles. The fourth-order valence-corrected chi connectivity index (χ4v) is 5.08. The number of hydrogen-bond donors (Lipinski definition) is 2. The van der Waals surface area contributed by atoms with Gasteiger partial charge in [0.2, 0.25) is 23.5 Å². The van der Waals surface area contributed by atoms with Gasteiger partial charge in [-0.25, -0.2) is 0 Å². The Morgan fingerprint density at radius 1 is 1.05 bits per heavy atom. The SMILES string of the molecule is Cc1nc(-c2ccc(C)c(N(CC(=O)NCCNC(C)C)CC(=O)N(C)C3Cc4cccc(C)c4C3)c2)no1.